The second kappa shape index (κ2) is 5.21. The Morgan fingerprint density at radius 3 is 2.58 bits per heavy atom. The van der Waals surface area contributed by atoms with Crippen LogP contribution in [0.15, 0.2) is 42.5 Å². The zero-order valence-corrected chi connectivity index (χ0v) is 9.56. The van der Waals surface area contributed by atoms with Gasteiger partial charge < -0.3 is 4.74 Å². The molecule has 1 unspecified atom stereocenters. The Morgan fingerprint density at radius 2 is 1.89 bits per heavy atom. The molecule has 0 aromatic heterocycles. The van der Waals surface area contributed by atoms with Gasteiger partial charge in [-0.15, -0.1) is 0 Å². The van der Waals surface area contributed by atoms with Gasteiger partial charge in [0.1, 0.15) is 11.9 Å². The van der Waals surface area contributed by atoms with Crippen LogP contribution >= 0.6 is 0 Å². The van der Waals surface area contributed by atoms with Crippen molar-refractivity contribution in [2.75, 3.05) is 0 Å². The molecule has 0 amide bonds. The minimum atomic E-state index is -0.253. The smallest absolute Gasteiger partial charge is 0.123 e. The number of hydrogen-bond donors (Lipinski definition) is 0. The van der Waals surface area contributed by atoms with Gasteiger partial charge in [0.2, 0.25) is 0 Å². The van der Waals surface area contributed by atoms with Gasteiger partial charge in [-0.25, -0.2) is 4.39 Å². The van der Waals surface area contributed by atoms with Crippen LogP contribution in [0.3, 0.4) is 0 Å². The highest BCUT2D eigenvalue weighted by Crippen LogP contribution is 2.36. The summed E-state index contributed by atoms with van der Waals surface area (Å²) in [5.74, 6) is -0.253. The van der Waals surface area contributed by atoms with E-state index >= 15 is 0 Å². The van der Waals surface area contributed by atoms with Crippen LogP contribution in [0.4, 0.5) is 4.39 Å². The maximum Gasteiger partial charge on any atom is 0.123 e. The minimum absolute atomic E-state index is 0. The summed E-state index contributed by atoms with van der Waals surface area (Å²) < 4.78 is 18.6. The second-order valence-corrected chi connectivity index (χ2v) is 4.27. The molecule has 1 aliphatic heterocycles. The first kappa shape index (κ1) is 13.3. The molecule has 3 rings (SSSR count). The van der Waals surface area contributed by atoms with Crippen molar-refractivity contribution in [3.05, 3.63) is 70.5 Å². The van der Waals surface area contributed by atoms with E-state index in [0.29, 0.717) is 12.2 Å². The summed E-state index contributed by atoms with van der Waals surface area (Å²) in [4.78, 5) is 0. The maximum atomic E-state index is 12.9. The number of fused-ring (bicyclic) bond motifs is 1. The van der Waals surface area contributed by atoms with Crippen molar-refractivity contribution in [1.29, 1.82) is 5.26 Å². The molecule has 0 fully saturated rings. The molecule has 1 aliphatic rings. The van der Waals surface area contributed by atoms with E-state index < -0.39 is 0 Å². The summed E-state index contributed by atoms with van der Waals surface area (Å²) in [6.07, 6.45) is -0.159. The lowest BCUT2D eigenvalue weighted by molar-refractivity contribution is 0.0939. The van der Waals surface area contributed by atoms with Crippen molar-refractivity contribution in [3.8, 4) is 6.07 Å². The number of nitrogens with zero attached hydrogens (tertiary/aromatic N) is 1. The largest absolute Gasteiger partial charge is 0.364 e. The summed E-state index contributed by atoms with van der Waals surface area (Å²) in [6, 6.07) is 14.0. The molecule has 1 atom stereocenters. The van der Waals surface area contributed by atoms with Gasteiger partial charge in [-0.2, -0.15) is 5.26 Å². The standard InChI is InChI=1S/C15H10FNO.CH4/c16-13-4-2-11(3-5-13)15-14-6-1-10(8-17)7-12(14)9-18-15;/h1-7,15H,9H2;1H4. The van der Waals surface area contributed by atoms with E-state index in [1.807, 2.05) is 12.1 Å². The van der Waals surface area contributed by atoms with Crippen molar-refractivity contribution in [1.82, 2.24) is 0 Å². The molecule has 0 N–H and O–H groups in total. The van der Waals surface area contributed by atoms with Crippen LogP contribution in [0.2, 0.25) is 0 Å². The highest BCUT2D eigenvalue weighted by Gasteiger charge is 2.24. The van der Waals surface area contributed by atoms with E-state index in [1.54, 1.807) is 18.2 Å². The predicted molar refractivity (Wildman–Crippen MR) is 70.9 cm³/mol. The molecule has 19 heavy (non-hydrogen) atoms. The number of hydrogen-bond acceptors (Lipinski definition) is 2. The van der Waals surface area contributed by atoms with Crippen molar-refractivity contribution in [2.24, 2.45) is 0 Å². The average molecular weight is 255 g/mol. The van der Waals surface area contributed by atoms with Crippen molar-refractivity contribution < 1.29 is 9.13 Å². The highest BCUT2D eigenvalue weighted by molar-refractivity contribution is 5.44. The molecule has 2 nitrogen and oxygen atoms in total. The monoisotopic (exact) mass is 255 g/mol. The first-order valence-electron chi connectivity index (χ1n) is 5.68. The van der Waals surface area contributed by atoms with E-state index in [0.717, 1.165) is 16.7 Å². The van der Waals surface area contributed by atoms with Crippen LogP contribution in [-0.4, -0.2) is 0 Å². The van der Waals surface area contributed by atoms with E-state index in [9.17, 15) is 4.39 Å². The third kappa shape index (κ3) is 2.35. The molecule has 0 saturated carbocycles. The van der Waals surface area contributed by atoms with Gasteiger partial charge in [-0.1, -0.05) is 25.6 Å². The van der Waals surface area contributed by atoms with Crippen molar-refractivity contribution in [3.63, 3.8) is 0 Å². The van der Waals surface area contributed by atoms with E-state index in [2.05, 4.69) is 6.07 Å². The molecular weight excluding hydrogens is 241 g/mol. The molecule has 1 heterocycles. The highest BCUT2D eigenvalue weighted by atomic mass is 19.1. The van der Waals surface area contributed by atoms with Crippen molar-refractivity contribution >= 4 is 0 Å². The SMILES string of the molecule is C.N#Cc1ccc2c(c1)COC2c1ccc(F)cc1. The van der Waals surface area contributed by atoms with Crippen LogP contribution in [0.1, 0.15) is 35.8 Å². The van der Waals surface area contributed by atoms with Gasteiger partial charge in [-0.05, 0) is 41.0 Å². The molecule has 0 spiro atoms. The number of ether oxygens (including phenoxy) is 1. The Labute approximate surface area is 112 Å². The molecule has 2 aromatic rings. The van der Waals surface area contributed by atoms with Crippen LogP contribution in [-0.2, 0) is 11.3 Å². The lowest BCUT2D eigenvalue weighted by Crippen LogP contribution is -1.98. The Balaban J connectivity index is 0.00000133. The van der Waals surface area contributed by atoms with E-state index in [-0.39, 0.29) is 19.3 Å². The molecule has 0 aliphatic carbocycles. The van der Waals surface area contributed by atoms with Gasteiger partial charge >= 0.3 is 0 Å². The van der Waals surface area contributed by atoms with Crippen molar-refractivity contribution in [2.45, 2.75) is 20.1 Å². The Kier molecular flexibility index (Phi) is 3.64. The molecule has 0 radical (unpaired) electrons. The second-order valence-electron chi connectivity index (χ2n) is 4.27. The quantitative estimate of drug-likeness (QED) is 0.772. The lowest BCUT2D eigenvalue weighted by atomic mass is 9.98. The van der Waals surface area contributed by atoms with Gasteiger partial charge in [0.05, 0.1) is 18.2 Å². The van der Waals surface area contributed by atoms with Gasteiger partial charge in [0.25, 0.3) is 0 Å². The summed E-state index contributed by atoms with van der Waals surface area (Å²) in [6.45, 7) is 0.493. The Hall–Kier alpha value is -2.18. The Morgan fingerprint density at radius 1 is 1.16 bits per heavy atom. The van der Waals surface area contributed by atoms with E-state index in [1.165, 1.54) is 12.1 Å². The summed E-state index contributed by atoms with van der Waals surface area (Å²) in [7, 11) is 0. The number of rotatable bonds is 1. The van der Waals surface area contributed by atoms with Crippen LogP contribution in [0.25, 0.3) is 0 Å². The average Bonchev–Trinajstić information content (AvgIpc) is 2.82. The third-order valence-corrected chi connectivity index (χ3v) is 3.13. The van der Waals surface area contributed by atoms with E-state index in [4.69, 9.17) is 10.00 Å². The van der Waals surface area contributed by atoms with Gasteiger partial charge in [0.15, 0.2) is 0 Å². The zero-order valence-electron chi connectivity index (χ0n) is 9.56. The maximum absolute atomic E-state index is 12.9. The van der Waals surface area contributed by atoms with Gasteiger partial charge in [0, 0.05) is 0 Å². The topological polar surface area (TPSA) is 33.0 Å². The molecular formula is C16H14FNO. The number of halogens is 1. The normalized spacial score (nSPS) is 16.3. The summed E-state index contributed by atoms with van der Waals surface area (Å²) >= 11 is 0. The fraction of sp³-hybridized carbons (Fsp3) is 0.188. The zero-order chi connectivity index (χ0) is 12.5. The molecule has 0 bridgehead atoms. The van der Waals surface area contributed by atoms with Crippen LogP contribution < -0.4 is 0 Å². The molecule has 2 aromatic carbocycles. The Bertz CT molecular complexity index is 628. The minimum Gasteiger partial charge on any atom is -0.364 e. The molecule has 0 saturated heterocycles. The summed E-state index contributed by atoms with van der Waals surface area (Å²) in [5.41, 5.74) is 3.65. The fourth-order valence-corrected chi connectivity index (χ4v) is 2.23. The van der Waals surface area contributed by atoms with Crippen LogP contribution in [0.5, 0.6) is 0 Å². The third-order valence-electron chi connectivity index (χ3n) is 3.13. The van der Waals surface area contributed by atoms with Gasteiger partial charge in [-0.3, -0.25) is 0 Å². The predicted octanol–water partition coefficient (Wildman–Crippen LogP) is 3.95. The fourth-order valence-electron chi connectivity index (χ4n) is 2.23. The lowest BCUT2D eigenvalue weighted by Gasteiger charge is -2.11. The number of benzene rings is 2. The molecule has 3 heteroatoms. The first-order chi connectivity index (χ1) is 8.78. The summed E-state index contributed by atoms with van der Waals surface area (Å²) in [5, 5.41) is 8.85. The first-order valence-corrected chi connectivity index (χ1v) is 5.68. The van der Waals surface area contributed by atoms with Crippen LogP contribution in [0, 0.1) is 17.1 Å². The molecule has 96 valence electrons. The number of nitriles is 1.